The summed E-state index contributed by atoms with van der Waals surface area (Å²) in [5, 5.41) is 0. The fourth-order valence-electron chi connectivity index (χ4n) is 2.10. The third kappa shape index (κ3) is 4.93. The van der Waals surface area contributed by atoms with E-state index in [0.29, 0.717) is 0 Å². The highest BCUT2D eigenvalue weighted by atomic mass is 32.1. The second kappa shape index (κ2) is 8.01. The number of aryl methyl sites for hydroxylation is 2. The van der Waals surface area contributed by atoms with Crippen molar-refractivity contribution in [1.82, 2.24) is 4.98 Å². The smallest absolute Gasteiger partial charge is 0.0373 e. The zero-order valence-electron chi connectivity index (χ0n) is 12.4. The topological polar surface area (TPSA) is 12.9 Å². The summed E-state index contributed by atoms with van der Waals surface area (Å²) in [4.78, 5) is 7.14. The van der Waals surface area contributed by atoms with Gasteiger partial charge in [-0.2, -0.15) is 0 Å². The van der Waals surface area contributed by atoms with Gasteiger partial charge in [0, 0.05) is 21.6 Å². The number of aromatic nitrogens is 1. The summed E-state index contributed by atoms with van der Waals surface area (Å²) < 4.78 is 0. The fraction of sp³-hybridized carbons (Fsp3) is 0.389. The van der Waals surface area contributed by atoms with E-state index in [1.165, 1.54) is 41.9 Å². The summed E-state index contributed by atoms with van der Waals surface area (Å²) in [6.07, 6.45) is 12.8. The van der Waals surface area contributed by atoms with Crippen LogP contribution in [0.15, 0.2) is 30.5 Å². The monoisotopic (exact) mass is 285 g/mol. The van der Waals surface area contributed by atoms with E-state index in [-0.39, 0.29) is 0 Å². The summed E-state index contributed by atoms with van der Waals surface area (Å²) >= 11 is 1.91. The predicted octanol–water partition coefficient (Wildman–Crippen LogP) is 5.74. The van der Waals surface area contributed by atoms with Crippen molar-refractivity contribution in [3.05, 3.63) is 51.5 Å². The standard InChI is InChI=1S/C18H23NS/c1-3-4-5-6-7-17-12-13-18(20-17)11-10-16-9-8-15(2)19-14-16/h8-14H,3-7H2,1-2H3. The maximum atomic E-state index is 4.31. The van der Waals surface area contributed by atoms with Crippen LogP contribution in [0, 0.1) is 6.92 Å². The van der Waals surface area contributed by atoms with Crippen LogP contribution in [-0.2, 0) is 6.42 Å². The van der Waals surface area contributed by atoms with Gasteiger partial charge in [0.2, 0.25) is 0 Å². The van der Waals surface area contributed by atoms with Gasteiger partial charge in [-0.1, -0.05) is 38.3 Å². The first-order chi connectivity index (χ1) is 9.78. The predicted molar refractivity (Wildman–Crippen MR) is 90.1 cm³/mol. The molecule has 0 atom stereocenters. The third-order valence-electron chi connectivity index (χ3n) is 3.33. The number of thiophene rings is 1. The molecule has 0 fully saturated rings. The highest BCUT2D eigenvalue weighted by Gasteiger charge is 1.98. The van der Waals surface area contributed by atoms with Crippen molar-refractivity contribution in [3.8, 4) is 0 Å². The van der Waals surface area contributed by atoms with Crippen LogP contribution in [0.3, 0.4) is 0 Å². The highest BCUT2D eigenvalue weighted by molar-refractivity contribution is 7.12. The van der Waals surface area contributed by atoms with Crippen LogP contribution in [0.5, 0.6) is 0 Å². The summed E-state index contributed by atoms with van der Waals surface area (Å²) in [6, 6.07) is 8.65. The van der Waals surface area contributed by atoms with Gasteiger partial charge in [-0.05, 0) is 49.6 Å². The quantitative estimate of drug-likeness (QED) is 0.591. The Morgan fingerprint density at radius 1 is 1.05 bits per heavy atom. The van der Waals surface area contributed by atoms with Crippen LogP contribution in [0.4, 0.5) is 0 Å². The van der Waals surface area contributed by atoms with Crippen LogP contribution in [0.25, 0.3) is 12.2 Å². The lowest BCUT2D eigenvalue weighted by Gasteiger charge is -1.96. The Bertz CT molecular complexity index is 537. The van der Waals surface area contributed by atoms with Crippen LogP contribution in [0.1, 0.15) is 53.6 Å². The van der Waals surface area contributed by atoms with Gasteiger partial charge in [0.15, 0.2) is 0 Å². The van der Waals surface area contributed by atoms with Gasteiger partial charge < -0.3 is 0 Å². The zero-order chi connectivity index (χ0) is 14.2. The van der Waals surface area contributed by atoms with Crippen molar-refractivity contribution in [3.63, 3.8) is 0 Å². The minimum Gasteiger partial charge on any atom is -0.261 e. The van der Waals surface area contributed by atoms with E-state index in [1.807, 2.05) is 30.5 Å². The van der Waals surface area contributed by atoms with Gasteiger partial charge in [0.05, 0.1) is 0 Å². The maximum absolute atomic E-state index is 4.31. The van der Waals surface area contributed by atoms with Crippen LogP contribution >= 0.6 is 11.3 Å². The Balaban J connectivity index is 1.87. The maximum Gasteiger partial charge on any atom is 0.0373 e. The third-order valence-corrected chi connectivity index (χ3v) is 4.44. The van der Waals surface area contributed by atoms with Gasteiger partial charge in [-0.3, -0.25) is 4.98 Å². The Labute approximate surface area is 126 Å². The molecule has 0 aliphatic carbocycles. The van der Waals surface area contributed by atoms with Crippen molar-refractivity contribution in [2.45, 2.75) is 46.0 Å². The molecule has 0 N–H and O–H groups in total. The lowest BCUT2D eigenvalue weighted by atomic mass is 10.1. The average molecular weight is 285 g/mol. The summed E-state index contributed by atoms with van der Waals surface area (Å²) in [5.74, 6) is 0. The minimum atomic E-state index is 1.06. The molecule has 2 rings (SSSR count). The molecule has 0 unspecified atom stereocenters. The van der Waals surface area contributed by atoms with Gasteiger partial charge >= 0.3 is 0 Å². The van der Waals surface area contributed by atoms with E-state index in [9.17, 15) is 0 Å². The van der Waals surface area contributed by atoms with Crippen molar-refractivity contribution < 1.29 is 0 Å². The number of hydrogen-bond acceptors (Lipinski definition) is 2. The van der Waals surface area contributed by atoms with Gasteiger partial charge in [-0.25, -0.2) is 0 Å². The molecule has 1 nitrogen and oxygen atoms in total. The molecule has 0 saturated heterocycles. The molecule has 0 bridgehead atoms. The van der Waals surface area contributed by atoms with Crippen LogP contribution < -0.4 is 0 Å². The molecular formula is C18H23NS. The normalized spacial score (nSPS) is 11.3. The van der Waals surface area contributed by atoms with Gasteiger partial charge in [-0.15, -0.1) is 11.3 Å². The molecule has 2 heterocycles. The lowest BCUT2D eigenvalue weighted by molar-refractivity contribution is 0.670. The molecular weight excluding hydrogens is 262 g/mol. The first kappa shape index (κ1) is 15.0. The molecule has 0 spiro atoms. The van der Waals surface area contributed by atoms with E-state index in [1.54, 1.807) is 0 Å². The highest BCUT2D eigenvalue weighted by Crippen LogP contribution is 2.21. The SMILES string of the molecule is CCCCCCc1ccc(C=Cc2ccc(C)nc2)s1. The Kier molecular flexibility index (Phi) is 6.00. The number of nitrogens with zero attached hydrogens (tertiary/aromatic N) is 1. The van der Waals surface area contributed by atoms with E-state index in [2.05, 4.69) is 42.3 Å². The fourth-order valence-corrected chi connectivity index (χ4v) is 3.06. The molecule has 2 aromatic heterocycles. The molecule has 0 aromatic carbocycles. The Morgan fingerprint density at radius 2 is 1.95 bits per heavy atom. The van der Waals surface area contributed by atoms with E-state index >= 15 is 0 Å². The van der Waals surface area contributed by atoms with Gasteiger partial charge in [0.25, 0.3) is 0 Å². The zero-order valence-corrected chi connectivity index (χ0v) is 13.2. The second-order valence-corrected chi connectivity index (χ2v) is 6.38. The molecule has 20 heavy (non-hydrogen) atoms. The van der Waals surface area contributed by atoms with Crippen molar-refractivity contribution in [1.29, 1.82) is 0 Å². The Morgan fingerprint density at radius 3 is 2.70 bits per heavy atom. The van der Waals surface area contributed by atoms with Crippen molar-refractivity contribution >= 4 is 23.5 Å². The van der Waals surface area contributed by atoms with E-state index < -0.39 is 0 Å². The second-order valence-electron chi connectivity index (χ2n) is 5.18. The first-order valence-electron chi connectivity index (χ1n) is 7.47. The molecule has 0 saturated carbocycles. The van der Waals surface area contributed by atoms with Gasteiger partial charge in [0.1, 0.15) is 0 Å². The minimum absolute atomic E-state index is 1.06. The average Bonchev–Trinajstić information content (AvgIpc) is 2.91. The van der Waals surface area contributed by atoms with E-state index in [0.717, 1.165) is 11.3 Å². The molecule has 106 valence electrons. The number of pyridine rings is 1. The van der Waals surface area contributed by atoms with E-state index in [4.69, 9.17) is 0 Å². The largest absolute Gasteiger partial charge is 0.261 e. The number of rotatable bonds is 7. The molecule has 0 aliphatic rings. The van der Waals surface area contributed by atoms with Crippen LogP contribution in [-0.4, -0.2) is 4.98 Å². The lowest BCUT2D eigenvalue weighted by Crippen LogP contribution is -1.80. The Hall–Kier alpha value is -1.41. The van der Waals surface area contributed by atoms with Crippen molar-refractivity contribution in [2.75, 3.05) is 0 Å². The van der Waals surface area contributed by atoms with Crippen molar-refractivity contribution in [2.24, 2.45) is 0 Å². The molecule has 2 aromatic rings. The number of unbranched alkanes of at least 4 members (excludes halogenated alkanes) is 3. The number of hydrogen-bond donors (Lipinski definition) is 0. The molecule has 2 heteroatoms. The molecule has 0 aliphatic heterocycles. The summed E-state index contributed by atoms with van der Waals surface area (Å²) in [5.41, 5.74) is 2.22. The summed E-state index contributed by atoms with van der Waals surface area (Å²) in [7, 11) is 0. The van der Waals surface area contributed by atoms with Crippen LogP contribution in [0.2, 0.25) is 0 Å². The summed E-state index contributed by atoms with van der Waals surface area (Å²) in [6.45, 7) is 4.27. The first-order valence-corrected chi connectivity index (χ1v) is 8.29. The molecule has 0 radical (unpaired) electrons. The molecule has 0 amide bonds.